The van der Waals surface area contributed by atoms with Crippen molar-refractivity contribution in [2.45, 2.75) is 13.3 Å². The van der Waals surface area contributed by atoms with Gasteiger partial charge in [-0.15, -0.1) is 0 Å². The first-order valence-corrected chi connectivity index (χ1v) is 7.00. The topological polar surface area (TPSA) is 33.7 Å². The summed E-state index contributed by atoms with van der Waals surface area (Å²) in [5, 5.41) is 3.33. The van der Waals surface area contributed by atoms with Crippen LogP contribution in [0.4, 0.5) is 4.39 Å². The first-order valence-electron chi connectivity index (χ1n) is 7.00. The first kappa shape index (κ1) is 15.1. The lowest BCUT2D eigenvalue weighted by molar-refractivity contribution is 0.243. The predicted molar refractivity (Wildman–Crippen MR) is 77.3 cm³/mol. The van der Waals surface area contributed by atoms with Crippen LogP contribution in [-0.4, -0.2) is 51.8 Å². The zero-order chi connectivity index (χ0) is 14.5. The van der Waals surface area contributed by atoms with Crippen LogP contribution < -0.4 is 14.8 Å². The van der Waals surface area contributed by atoms with Gasteiger partial charge in [0.1, 0.15) is 0 Å². The molecule has 1 aromatic carbocycles. The molecule has 2 rings (SSSR count). The van der Waals surface area contributed by atoms with E-state index in [1.807, 2.05) is 6.92 Å². The Morgan fingerprint density at radius 2 is 1.85 bits per heavy atom. The maximum Gasteiger partial charge on any atom is 0.197 e. The molecule has 0 saturated carbocycles. The third-order valence-corrected chi connectivity index (χ3v) is 3.86. The molecule has 0 unspecified atom stereocenters. The van der Waals surface area contributed by atoms with Gasteiger partial charge in [0.25, 0.3) is 0 Å². The fraction of sp³-hybridized carbons (Fsp3) is 0.600. The molecule has 1 heterocycles. The lowest BCUT2D eigenvalue weighted by atomic mass is 10.0. The van der Waals surface area contributed by atoms with Gasteiger partial charge in [-0.3, -0.25) is 0 Å². The van der Waals surface area contributed by atoms with Crippen molar-refractivity contribution in [2.75, 3.05) is 46.9 Å². The third-order valence-electron chi connectivity index (χ3n) is 3.86. The predicted octanol–water partition coefficient (Wildman–Crippen LogP) is 1.60. The van der Waals surface area contributed by atoms with Crippen molar-refractivity contribution in [1.82, 2.24) is 10.2 Å². The quantitative estimate of drug-likeness (QED) is 0.889. The fourth-order valence-corrected chi connectivity index (χ4v) is 2.66. The van der Waals surface area contributed by atoms with E-state index in [1.54, 1.807) is 13.2 Å². The van der Waals surface area contributed by atoms with Gasteiger partial charge >= 0.3 is 0 Å². The molecule has 112 valence electrons. The summed E-state index contributed by atoms with van der Waals surface area (Å²) in [6, 6.07) is 1.57. The summed E-state index contributed by atoms with van der Waals surface area (Å²) in [5.74, 6) is 0.337. The number of rotatable bonds is 5. The monoisotopic (exact) mass is 282 g/mol. The van der Waals surface area contributed by atoms with E-state index in [0.717, 1.165) is 50.3 Å². The smallest absolute Gasteiger partial charge is 0.197 e. The Balaban J connectivity index is 2.13. The minimum atomic E-state index is -0.356. The zero-order valence-corrected chi connectivity index (χ0v) is 12.5. The molecule has 5 heteroatoms. The van der Waals surface area contributed by atoms with Crippen molar-refractivity contribution in [3.63, 3.8) is 0 Å². The number of nitrogens with zero attached hydrogens (tertiary/aromatic N) is 1. The number of nitrogens with one attached hydrogen (secondary N) is 1. The summed E-state index contributed by atoms with van der Waals surface area (Å²) < 4.78 is 24.4. The van der Waals surface area contributed by atoms with Crippen LogP contribution in [0.25, 0.3) is 0 Å². The Morgan fingerprint density at radius 1 is 1.20 bits per heavy atom. The Morgan fingerprint density at radius 3 is 2.45 bits per heavy atom. The molecule has 4 nitrogen and oxygen atoms in total. The molecule has 1 saturated heterocycles. The second-order valence-corrected chi connectivity index (χ2v) is 5.05. The molecule has 1 N–H and O–H groups in total. The van der Waals surface area contributed by atoms with E-state index < -0.39 is 0 Å². The van der Waals surface area contributed by atoms with E-state index in [4.69, 9.17) is 9.47 Å². The third kappa shape index (κ3) is 3.22. The average Bonchev–Trinajstić information content (AvgIpc) is 2.48. The number of hydrogen-bond donors (Lipinski definition) is 1. The number of halogens is 1. The Labute approximate surface area is 119 Å². The van der Waals surface area contributed by atoms with E-state index in [9.17, 15) is 4.39 Å². The van der Waals surface area contributed by atoms with Gasteiger partial charge in [0.15, 0.2) is 17.3 Å². The van der Waals surface area contributed by atoms with E-state index in [2.05, 4.69) is 10.2 Å². The van der Waals surface area contributed by atoms with Gasteiger partial charge < -0.3 is 19.7 Å². The Kier molecular flexibility index (Phi) is 5.20. The summed E-state index contributed by atoms with van der Waals surface area (Å²) in [6.07, 6.45) is 0.823. The van der Waals surface area contributed by atoms with Crippen molar-refractivity contribution >= 4 is 0 Å². The molecule has 0 aliphatic carbocycles. The van der Waals surface area contributed by atoms with E-state index >= 15 is 0 Å². The number of methoxy groups -OCH3 is 2. The maximum absolute atomic E-state index is 14.0. The largest absolute Gasteiger partial charge is 0.492 e. The molecule has 0 amide bonds. The van der Waals surface area contributed by atoms with Gasteiger partial charge in [0, 0.05) is 32.7 Å². The molecule has 0 bridgehead atoms. The highest BCUT2D eigenvalue weighted by atomic mass is 19.1. The zero-order valence-electron chi connectivity index (χ0n) is 12.5. The van der Waals surface area contributed by atoms with Crippen LogP contribution in [0.1, 0.15) is 11.1 Å². The highest BCUT2D eigenvalue weighted by Gasteiger charge is 2.18. The summed E-state index contributed by atoms with van der Waals surface area (Å²) in [4.78, 5) is 2.39. The molecular formula is C15H23FN2O2. The second kappa shape index (κ2) is 6.90. The highest BCUT2D eigenvalue weighted by Crippen LogP contribution is 2.35. The fourth-order valence-electron chi connectivity index (χ4n) is 2.66. The Bertz CT molecular complexity index is 460. The lowest BCUT2D eigenvalue weighted by Gasteiger charge is -2.27. The molecule has 1 fully saturated rings. The van der Waals surface area contributed by atoms with Gasteiger partial charge in [0.2, 0.25) is 0 Å². The highest BCUT2D eigenvalue weighted by molar-refractivity contribution is 5.51. The van der Waals surface area contributed by atoms with Crippen LogP contribution in [0.5, 0.6) is 11.5 Å². The van der Waals surface area contributed by atoms with E-state index in [1.165, 1.54) is 7.11 Å². The van der Waals surface area contributed by atoms with Crippen LogP contribution >= 0.6 is 0 Å². The number of ether oxygens (including phenoxy) is 2. The molecule has 1 aromatic rings. The molecule has 0 spiro atoms. The molecule has 20 heavy (non-hydrogen) atoms. The summed E-state index contributed by atoms with van der Waals surface area (Å²) in [6.45, 7) is 7.05. The van der Waals surface area contributed by atoms with Gasteiger partial charge in [-0.25, -0.2) is 4.39 Å². The molecule has 1 aliphatic rings. The number of benzene rings is 1. The number of hydrogen-bond acceptors (Lipinski definition) is 4. The van der Waals surface area contributed by atoms with Crippen molar-refractivity contribution in [3.05, 3.63) is 23.0 Å². The normalized spacial score (nSPS) is 16.2. The molecule has 0 atom stereocenters. The SMILES string of the molecule is COc1c(F)cc(CCN2CCNCC2)c(C)c1OC. The van der Waals surface area contributed by atoms with E-state index in [0.29, 0.717) is 5.75 Å². The summed E-state index contributed by atoms with van der Waals surface area (Å²) >= 11 is 0. The number of piperazine rings is 1. The van der Waals surface area contributed by atoms with Gasteiger partial charge in [-0.2, -0.15) is 0 Å². The van der Waals surface area contributed by atoms with Crippen molar-refractivity contribution in [2.24, 2.45) is 0 Å². The van der Waals surface area contributed by atoms with E-state index in [-0.39, 0.29) is 11.6 Å². The maximum atomic E-state index is 14.0. The van der Waals surface area contributed by atoms with Crippen molar-refractivity contribution in [1.29, 1.82) is 0 Å². The molecule has 0 radical (unpaired) electrons. The van der Waals surface area contributed by atoms with Gasteiger partial charge in [-0.05, 0) is 30.5 Å². The van der Waals surface area contributed by atoms with Crippen molar-refractivity contribution < 1.29 is 13.9 Å². The average molecular weight is 282 g/mol. The summed E-state index contributed by atoms with van der Waals surface area (Å²) in [7, 11) is 3.01. The molecule has 1 aliphatic heterocycles. The summed E-state index contributed by atoms with van der Waals surface area (Å²) in [5.41, 5.74) is 1.94. The van der Waals surface area contributed by atoms with Gasteiger partial charge in [0.05, 0.1) is 14.2 Å². The van der Waals surface area contributed by atoms with Crippen LogP contribution in [-0.2, 0) is 6.42 Å². The van der Waals surface area contributed by atoms with Crippen LogP contribution in [0.3, 0.4) is 0 Å². The first-order chi connectivity index (χ1) is 9.67. The van der Waals surface area contributed by atoms with Gasteiger partial charge in [-0.1, -0.05) is 0 Å². The second-order valence-electron chi connectivity index (χ2n) is 5.05. The molecular weight excluding hydrogens is 259 g/mol. The van der Waals surface area contributed by atoms with Crippen LogP contribution in [0, 0.1) is 12.7 Å². The van der Waals surface area contributed by atoms with Crippen LogP contribution in [0.15, 0.2) is 6.07 Å². The lowest BCUT2D eigenvalue weighted by Crippen LogP contribution is -2.44. The minimum Gasteiger partial charge on any atom is -0.492 e. The molecule has 0 aromatic heterocycles. The minimum absolute atomic E-state index is 0.191. The van der Waals surface area contributed by atoms with Crippen molar-refractivity contribution in [3.8, 4) is 11.5 Å². The standard InChI is InChI=1S/C15H23FN2O2/c1-11-12(4-7-18-8-5-17-6-9-18)10-13(16)15(20-3)14(11)19-2/h10,17H,4-9H2,1-3H3. The van der Waals surface area contributed by atoms with Crippen LogP contribution in [0.2, 0.25) is 0 Å². The Hall–Kier alpha value is -1.33.